The molecule has 162 valence electrons. The second kappa shape index (κ2) is 9.27. The number of hydrogen-bond acceptors (Lipinski definition) is 6. The zero-order chi connectivity index (χ0) is 22.5. The highest BCUT2D eigenvalue weighted by molar-refractivity contribution is 5.94. The van der Waals surface area contributed by atoms with Gasteiger partial charge < -0.3 is 19.6 Å². The van der Waals surface area contributed by atoms with Gasteiger partial charge in [0.1, 0.15) is 18.0 Å². The lowest BCUT2D eigenvalue weighted by Crippen LogP contribution is -2.28. The van der Waals surface area contributed by atoms with Gasteiger partial charge >= 0.3 is 0 Å². The Kier molecular flexibility index (Phi) is 6.09. The van der Waals surface area contributed by atoms with Gasteiger partial charge in [-0.2, -0.15) is 0 Å². The SMILES string of the molecule is O=C(NC[C@H](O)c1ccc([N+](=O)[O-])cc1)c1ccc(OCc2cn3ccccc3n2)cc1. The van der Waals surface area contributed by atoms with Gasteiger partial charge in [0, 0.05) is 36.6 Å². The van der Waals surface area contributed by atoms with Crippen molar-refractivity contribution >= 4 is 17.2 Å². The largest absolute Gasteiger partial charge is 0.487 e. The summed E-state index contributed by atoms with van der Waals surface area (Å²) in [5.41, 5.74) is 2.47. The lowest BCUT2D eigenvalue weighted by atomic mass is 10.1. The maximum absolute atomic E-state index is 12.3. The number of nitro benzene ring substituents is 1. The summed E-state index contributed by atoms with van der Waals surface area (Å²) in [6.07, 6.45) is 2.83. The number of pyridine rings is 1. The zero-order valence-electron chi connectivity index (χ0n) is 16.9. The molecule has 1 atom stereocenters. The van der Waals surface area contributed by atoms with E-state index < -0.39 is 11.0 Å². The molecular weight excluding hydrogens is 412 g/mol. The third kappa shape index (κ3) is 4.90. The minimum atomic E-state index is -0.979. The first-order valence-electron chi connectivity index (χ1n) is 9.86. The molecule has 0 spiro atoms. The number of hydrogen-bond donors (Lipinski definition) is 2. The first kappa shape index (κ1) is 21.0. The Morgan fingerprint density at radius 2 is 1.88 bits per heavy atom. The van der Waals surface area contributed by atoms with Crippen molar-refractivity contribution in [2.45, 2.75) is 12.7 Å². The molecule has 4 rings (SSSR count). The Morgan fingerprint density at radius 3 is 2.56 bits per heavy atom. The molecule has 0 unspecified atom stereocenters. The number of aliphatic hydroxyl groups excluding tert-OH is 1. The Morgan fingerprint density at radius 1 is 1.12 bits per heavy atom. The van der Waals surface area contributed by atoms with E-state index in [4.69, 9.17) is 4.74 Å². The smallest absolute Gasteiger partial charge is 0.269 e. The van der Waals surface area contributed by atoms with E-state index in [-0.39, 0.29) is 18.1 Å². The second-order valence-electron chi connectivity index (χ2n) is 7.09. The molecule has 9 nitrogen and oxygen atoms in total. The van der Waals surface area contributed by atoms with Gasteiger partial charge in [-0.25, -0.2) is 4.98 Å². The van der Waals surface area contributed by atoms with Crippen LogP contribution in [0.5, 0.6) is 5.75 Å². The average molecular weight is 432 g/mol. The summed E-state index contributed by atoms with van der Waals surface area (Å²) < 4.78 is 7.66. The van der Waals surface area contributed by atoms with Crippen LogP contribution in [0.3, 0.4) is 0 Å². The van der Waals surface area contributed by atoms with Crippen molar-refractivity contribution in [2.75, 3.05) is 6.54 Å². The van der Waals surface area contributed by atoms with Gasteiger partial charge in [-0.3, -0.25) is 14.9 Å². The van der Waals surface area contributed by atoms with E-state index in [1.807, 2.05) is 35.0 Å². The number of benzene rings is 2. The molecule has 9 heteroatoms. The highest BCUT2D eigenvalue weighted by atomic mass is 16.6. The molecule has 4 aromatic rings. The third-order valence-electron chi connectivity index (χ3n) is 4.86. The normalized spacial score (nSPS) is 11.8. The van der Waals surface area contributed by atoms with E-state index in [9.17, 15) is 20.0 Å². The first-order valence-corrected chi connectivity index (χ1v) is 9.86. The third-order valence-corrected chi connectivity index (χ3v) is 4.86. The molecule has 2 heterocycles. The van der Waals surface area contributed by atoms with Crippen LogP contribution in [0.2, 0.25) is 0 Å². The number of carbonyl (C=O) groups excluding carboxylic acids is 1. The molecule has 2 N–H and O–H groups in total. The lowest BCUT2D eigenvalue weighted by molar-refractivity contribution is -0.384. The fourth-order valence-electron chi connectivity index (χ4n) is 3.14. The van der Waals surface area contributed by atoms with Crippen LogP contribution in [0.1, 0.15) is 27.7 Å². The highest BCUT2D eigenvalue weighted by Gasteiger charge is 2.13. The molecule has 0 bridgehead atoms. The Balaban J connectivity index is 1.29. The molecule has 0 aliphatic carbocycles. The monoisotopic (exact) mass is 432 g/mol. The van der Waals surface area contributed by atoms with Gasteiger partial charge in [0.15, 0.2) is 0 Å². The summed E-state index contributed by atoms with van der Waals surface area (Å²) >= 11 is 0. The van der Waals surface area contributed by atoms with Gasteiger partial charge in [0.2, 0.25) is 0 Å². The molecule has 2 aromatic heterocycles. The molecule has 0 radical (unpaired) electrons. The number of non-ortho nitro benzene ring substituents is 1. The number of rotatable bonds is 8. The summed E-state index contributed by atoms with van der Waals surface area (Å²) in [5.74, 6) is 0.252. The molecule has 0 saturated heterocycles. The van der Waals surface area contributed by atoms with E-state index in [0.717, 1.165) is 11.3 Å². The number of fused-ring (bicyclic) bond motifs is 1. The molecule has 32 heavy (non-hydrogen) atoms. The molecule has 1 amide bonds. The van der Waals surface area contributed by atoms with Gasteiger partial charge in [0.25, 0.3) is 11.6 Å². The Labute approximate surface area is 183 Å². The summed E-state index contributed by atoms with van der Waals surface area (Å²) in [4.78, 5) is 27.0. The van der Waals surface area contributed by atoms with Crippen molar-refractivity contribution in [3.8, 4) is 5.75 Å². The van der Waals surface area contributed by atoms with Gasteiger partial charge in [-0.05, 0) is 54.1 Å². The standard InChI is InChI=1S/C23H20N4O5/c28-21(16-4-8-19(9-5-16)27(30)31)13-24-23(29)17-6-10-20(11-7-17)32-15-18-14-26-12-2-1-3-22(26)25-18/h1-12,14,21,28H,13,15H2,(H,24,29)/t21-/m0/s1. The summed E-state index contributed by atoms with van der Waals surface area (Å²) in [5, 5.41) is 23.6. The Hall–Kier alpha value is -4.24. The van der Waals surface area contributed by atoms with Crippen molar-refractivity contribution in [1.29, 1.82) is 0 Å². The number of aromatic nitrogens is 2. The maximum Gasteiger partial charge on any atom is 0.269 e. The minimum absolute atomic E-state index is 0.0250. The van der Waals surface area contributed by atoms with Crippen LogP contribution in [0.15, 0.2) is 79.1 Å². The van der Waals surface area contributed by atoms with Crippen molar-refractivity contribution in [2.24, 2.45) is 0 Å². The quantitative estimate of drug-likeness (QED) is 0.326. The molecule has 0 aliphatic rings. The highest BCUT2D eigenvalue weighted by Crippen LogP contribution is 2.18. The van der Waals surface area contributed by atoms with Crippen LogP contribution >= 0.6 is 0 Å². The van der Waals surface area contributed by atoms with Crippen LogP contribution in [0, 0.1) is 10.1 Å². The van der Waals surface area contributed by atoms with Crippen molar-refractivity contribution in [1.82, 2.24) is 14.7 Å². The average Bonchev–Trinajstić information content (AvgIpc) is 3.24. The van der Waals surface area contributed by atoms with Gasteiger partial charge in [-0.15, -0.1) is 0 Å². The van der Waals surface area contributed by atoms with E-state index >= 15 is 0 Å². The number of ether oxygens (including phenoxy) is 1. The molecule has 0 saturated carbocycles. The number of nitrogens with zero attached hydrogens (tertiary/aromatic N) is 3. The number of nitrogens with one attached hydrogen (secondary N) is 1. The summed E-state index contributed by atoms with van der Waals surface area (Å²) in [6.45, 7) is 0.275. The lowest BCUT2D eigenvalue weighted by Gasteiger charge is -2.12. The number of amides is 1. The van der Waals surface area contributed by atoms with Crippen LogP contribution in [-0.4, -0.2) is 31.9 Å². The van der Waals surface area contributed by atoms with Gasteiger partial charge in [-0.1, -0.05) is 6.07 Å². The van der Waals surface area contributed by atoms with Crippen molar-refractivity contribution in [3.63, 3.8) is 0 Å². The van der Waals surface area contributed by atoms with Gasteiger partial charge in [0.05, 0.1) is 16.7 Å². The van der Waals surface area contributed by atoms with Crippen LogP contribution in [-0.2, 0) is 6.61 Å². The van der Waals surface area contributed by atoms with Crippen LogP contribution in [0.25, 0.3) is 5.65 Å². The van der Waals surface area contributed by atoms with E-state index in [1.165, 1.54) is 24.3 Å². The Bertz CT molecular complexity index is 1200. The fraction of sp³-hybridized carbons (Fsp3) is 0.130. The number of aliphatic hydroxyl groups is 1. The predicted octanol–water partition coefficient (Wildman–Crippen LogP) is 3.28. The second-order valence-corrected chi connectivity index (χ2v) is 7.09. The van der Waals surface area contributed by atoms with E-state index in [0.29, 0.717) is 23.5 Å². The molecule has 0 fully saturated rings. The van der Waals surface area contributed by atoms with E-state index in [1.54, 1.807) is 24.3 Å². The molecular formula is C23H20N4O5. The van der Waals surface area contributed by atoms with Crippen LogP contribution < -0.4 is 10.1 Å². The number of nitro groups is 1. The van der Waals surface area contributed by atoms with Crippen molar-refractivity contribution in [3.05, 3.63) is 106 Å². The topological polar surface area (TPSA) is 119 Å². The zero-order valence-corrected chi connectivity index (χ0v) is 16.9. The van der Waals surface area contributed by atoms with Crippen molar-refractivity contribution < 1.29 is 19.6 Å². The molecule has 0 aliphatic heterocycles. The minimum Gasteiger partial charge on any atom is -0.487 e. The van der Waals surface area contributed by atoms with E-state index in [2.05, 4.69) is 10.3 Å². The predicted molar refractivity (Wildman–Crippen MR) is 116 cm³/mol. The van der Waals surface area contributed by atoms with Crippen LogP contribution in [0.4, 0.5) is 5.69 Å². The summed E-state index contributed by atoms with van der Waals surface area (Å²) in [7, 11) is 0. The summed E-state index contributed by atoms with van der Waals surface area (Å²) in [6, 6.07) is 17.9. The number of imidazole rings is 1. The molecule has 2 aromatic carbocycles. The number of carbonyl (C=O) groups is 1. The first-order chi connectivity index (χ1) is 15.5. The fourth-order valence-corrected chi connectivity index (χ4v) is 3.14. The maximum atomic E-state index is 12.3.